The highest BCUT2D eigenvalue weighted by molar-refractivity contribution is 7.89. The molecule has 0 aliphatic rings. The standard InChI is InChI=1S/C23H24N2O4S/c1-18(19-9-5-3-6-10-19)24-30(27,28)22-15-13-21(14-16-22)29-17-23(26)25(2)20-11-7-4-8-12-20/h3-16,18,24H,17H2,1-2H3/t18-/m0/s1. The number of nitrogens with zero attached hydrogens (tertiary/aromatic N) is 1. The quantitative estimate of drug-likeness (QED) is 0.597. The first-order chi connectivity index (χ1) is 14.4. The first-order valence-electron chi connectivity index (χ1n) is 9.48. The van der Waals surface area contributed by atoms with Gasteiger partial charge in [0.25, 0.3) is 5.91 Å². The zero-order valence-corrected chi connectivity index (χ0v) is 17.7. The van der Waals surface area contributed by atoms with Crippen molar-refractivity contribution in [1.82, 2.24) is 4.72 Å². The number of benzene rings is 3. The van der Waals surface area contributed by atoms with E-state index in [1.54, 1.807) is 14.0 Å². The van der Waals surface area contributed by atoms with E-state index in [0.29, 0.717) is 5.75 Å². The van der Waals surface area contributed by atoms with Gasteiger partial charge in [0.05, 0.1) is 4.90 Å². The second-order valence-electron chi connectivity index (χ2n) is 6.80. The van der Waals surface area contributed by atoms with Crippen molar-refractivity contribution in [2.45, 2.75) is 17.9 Å². The van der Waals surface area contributed by atoms with Gasteiger partial charge in [-0.05, 0) is 48.9 Å². The number of anilines is 1. The topological polar surface area (TPSA) is 75.7 Å². The molecule has 0 saturated heterocycles. The molecular formula is C23H24N2O4S. The molecule has 0 saturated carbocycles. The van der Waals surface area contributed by atoms with Gasteiger partial charge in [0.1, 0.15) is 5.75 Å². The molecule has 0 radical (unpaired) electrons. The van der Waals surface area contributed by atoms with Crippen LogP contribution >= 0.6 is 0 Å². The Morgan fingerprint density at radius 2 is 1.50 bits per heavy atom. The Labute approximate surface area is 177 Å². The summed E-state index contributed by atoms with van der Waals surface area (Å²) < 4.78 is 33.4. The Hall–Kier alpha value is -3.16. The normalized spacial score (nSPS) is 12.2. The zero-order chi connectivity index (χ0) is 21.6. The van der Waals surface area contributed by atoms with Crippen LogP contribution in [0.3, 0.4) is 0 Å². The second kappa shape index (κ2) is 9.56. The lowest BCUT2D eigenvalue weighted by atomic mass is 10.1. The van der Waals surface area contributed by atoms with E-state index in [1.165, 1.54) is 29.2 Å². The lowest BCUT2D eigenvalue weighted by molar-refractivity contribution is -0.120. The minimum atomic E-state index is -3.69. The molecule has 1 amide bonds. The largest absolute Gasteiger partial charge is 0.484 e. The Morgan fingerprint density at radius 3 is 2.10 bits per heavy atom. The molecule has 3 rings (SSSR count). The number of ether oxygens (including phenoxy) is 1. The highest BCUT2D eigenvalue weighted by Gasteiger charge is 2.18. The van der Waals surface area contributed by atoms with E-state index < -0.39 is 10.0 Å². The van der Waals surface area contributed by atoms with Crippen LogP contribution in [-0.4, -0.2) is 28.0 Å². The van der Waals surface area contributed by atoms with Crippen LogP contribution in [0.1, 0.15) is 18.5 Å². The molecule has 0 aliphatic heterocycles. The third kappa shape index (κ3) is 5.46. The lowest BCUT2D eigenvalue weighted by Gasteiger charge is -2.17. The van der Waals surface area contributed by atoms with E-state index in [4.69, 9.17) is 4.74 Å². The van der Waals surface area contributed by atoms with Gasteiger partial charge in [-0.3, -0.25) is 4.79 Å². The van der Waals surface area contributed by atoms with E-state index >= 15 is 0 Å². The number of amides is 1. The van der Waals surface area contributed by atoms with Crippen molar-refractivity contribution < 1.29 is 17.9 Å². The van der Waals surface area contributed by atoms with E-state index in [2.05, 4.69) is 4.72 Å². The number of carbonyl (C=O) groups excluding carboxylic acids is 1. The van der Waals surface area contributed by atoms with Crippen molar-refractivity contribution in [2.75, 3.05) is 18.6 Å². The monoisotopic (exact) mass is 424 g/mol. The number of nitrogens with one attached hydrogen (secondary N) is 1. The Bertz CT molecular complexity index is 1070. The van der Waals surface area contributed by atoms with Gasteiger partial charge in [-0.2, -0.15) is 0 Å². The van der Waals surface area contributed by atoms with Crippen molar-refractivity contribution >= 4 is 21.6 Å². The molecule has 1 atom stereocenters. The van der Waals surface area contributed by atoms with Gasteiger partial charge in [-0.25, -0.2) is 13.1 Å². The van der Waals surface area contributed by atoms with Gasteiger partial charge >= 0.3 is 0 Å². The minimum Gasteiger partial charge on any atom is -0.484 e. The Balaban J connectivity index is 1.59. The number of sulfonamides is 1. The Kier molecular flexibility index (Phi) is 6.87. The Morgan fingerprint density at radius 1 is 0.933 bits per heavy atom. The maximum Gasteiger partial charge on any atom is 0.264 e. The molecule has 0 aromatic heterocycles. The van der Waals surface area contributed by atoms with Crippen LogP contribution in [0.2, 0.25) is 0 Å². The van der Waals surface area contributed by atoms with Crippen LogP contribution in [0.25, 0.3) is 0 Å². The van der Waals surface area contributed by atoms with Gasteiger partial charge in [0.2, 0.25) is 10.0 Å². The van der Waals surface area contributed by atoms with E-state index in [9.17, 15) is 13.2 Å². The highest BCUT2D eigenvalue weighted by Crippen LogP contribution is 2.20. The molecule has 0 bridgehead atoms. The molecule has 0 unspecified atom stereocenters. The van der Waals surface area contributed by atoms with Crippen molar-refractivity contribution in [3.8, 4) is 5.75 Å². The predicted octanol–water partition coefficient (Wildman–Crippen LogP) is 3.77. The lowest BCUT2D eigenvalue weighted by Crippen LogP contribution is -2.31. The second-order valence-corrected chi connectivity index (χ2v) is 8.52. The average Bonchev–Trinajstić information content (AvgIpc) is 2.78. The van der Waals surface area contributed by atoms with Crippen LogP contribution in [-0.2, 0) is 14.8 Å². The molecule has 0 aliphatic carbocycles. The summed E-state index contributed by atoms with van der Waals surface area (Å²) in [5.74, 6) is 0.205. The number of para-hydroxylation sites is 1. The van der Waals surface area contributed by atoms with E-state index in [1.807, 2.05) is 60.7 Å². The highest BCUT2D eigenvalue weighted by atomic mass is 32.2. The smallest absolute Gasteiger partial charge is 0.264 e. The third-order valence-electron chi connectivity index (χ3n) is 4.65. The van der Waals surface area contributed by atoms with Crippen LogP contribution in [0, 0.1) is 0 Å². The van der Waals surface area contributed by atoms with E-state index in [-0.39, 0.29) is 23.5 Å². The predicted molar refractivity (Wildman–Crippen MR) is 117 cm³/mol. The van der Waals surface area contributed by atoms with Gasteiger partial charge < -0.3 is 9.64 Å². The number of hydrogen-bond donors (Lipinski definition) is 1. The molecule has 0 spiro atoms. The SMILES string of the molecule is C[C@H](NS(=O)(=O)c1ccc(OCC(=O)N(C)c2ccccc2)cc1)c1ccccc1. The zero-order valence-electron chi connectivity index (χ0n) is 16.9. The summed E-state index contributed by atoms with van der Waals surface area (Å²) in [5, 5.41) is 0. The molecule has 3 aromatic carbocycles. The molecule has 6 nitrogen and oxygen atoms in total. The van der Waals surface area contributed by atoms with Gasteiger partial charge in [-0.1, -0.05) is 48.5 Å². The van der Waals surface area contributed by atoms with E-state index in [0.717, 1.165) is 11.3 Å². The molecule has 7 heteroatoms. The first-order valence-corrected chi connectivity index (χ1v) is 11.0. The third-order valence-corrected chi connectivity index (χ3v) is 6.20. The number of likely N-dealkylation sites (N-methyl/N-ethyl adjacent to an activating group) is 1. The van der Waals surface area contributed by atoms with Gasteiger partial charge in [0.15, 0.2) is 6.61 Å². The fourth-order valence-electron chi connectivity index (χ4n) is 2.86. The number of carbonyl (C=O) groups is 1. The molecular weight excluding hydrogens is 400 g/mol. The summed E-state index contributed by atoms with van der Waals surface area (Å²) in [6.45, 7) is 1.64. The summed E-state index contributed by atoms with van der Waals surface area (Å²) >= 11 is 0. The minimum absolute atomic E-state index is 0.130. The fraction of sp³-hybridized carbons (Fsp3) is 0.174. The maximum absolute atomic E-state index is 12.6. The van der Waals surface area contributed by atoms with Crippen LogP contribution < -0.4 is 14.4 Å². The number of rotatable bonds is 8. The fourth-order valence-corrected chi connectivity index (χ4v) is 4.10. The van der Waals surface area contributed by atoms with Crippen LogP contribution in [0.4, 0.5) is 5.69 Å². The van der Waals surface area contributed by atoms with Crippen LogP contribution in [0.15, 0.2) is 89.8 Å². The van der Waals surface area contributed by atoms with Crippen molar-refractivity contribution in [2.24, 2.45) is 0 Å². The van der Waals surface area contributed by atoms with Crippen LogP contribution in [0.5, 0.6) is 5.75 Å². The summed E-state index contributed by atoms with van der Waals surface area (Å²) in [7, 11) is -2.01. The molecule has 3 aromatic rings. The van der Waals surface area contributed by atoms with Crippen molar-refractivity contribution in [1.29, 1.82) is 0 Å². The molecule has 30 heavy (non-hydrogen) atoms. The van der Waals surface area contributed by atoms with Gasteiger partial charge in [0, 0.05) is 18.8 Å². The molecule has 1 N–H and O–H groups in total. The maximum atomic E-state index is 12.6. The van der Waals surface area contributed by atoms with Gasteiger partial charge in [-0.15, -0.1) is 0 Å². The molecule has 156 valence electrons. The number of hydrogen-bond acceptors (Lipinski definition) is 4. The summed E-state index contributed by atoms with van der Waals surface area (Å²) in [5.41, 5.74) is 1.65. The van der Waals surface area contributed by atoms with Crippen molar-refractivity contribution in [3.05, 3.63) is 90.5 Å². The summed E-state index contributed by atoms with van der Waals surface area (Å²) in [6, 6.07) is 24.2. The molecule has 0 heterocycles. The molecule has 0 fully saturated rings. The summed E-state index contributed by atoms with van der Waals surface area (Å²) in [6.07, 6.45) is 0. The first kappa shape index (κ1) is 21.5. The average molecular weight is 425 g/mol. The van der Waals surface area contributed by atoms with Crippen molar-refractivity contribution in [3.63, 3.8) is 0 Å². The summed E-state index contributed by atoms with van der Waals surface area (Å²) in [4.78, 5) is 13.9.